The van der Waals surface area contributed by atoms with Crippen LogP contribution in [0, 0.1) is 5.92 Å². The zero-order valence-electron chi connectivity index (χ0n) is 15.2. The molecule has 0 spiro atoms. The number of aromatic nitrogens is 2. The Morgan fingerprint density at radius 1 is 1.21 bits per heavy atom. The number of amides is 1. The van der Waals surface area contributed by atoms with Crippen LogP contribution in [-0.4, -0.2) is 36.5 Å². The molecule has 0 bridgehead atoms. The van der Waals surface area contributed by atoms with Crippen LogP contribution in [0.15, 0.2) is 42.6 Å². The molecule has 0 unspecified atom stereocenters. The molecule has 152 valence electrons. The van der Waals surface area contributed by atoms with Crippen molar-refractivity contribution in [2.24, 2.45) is 5.92 Å². The predicted molar refractivity (Wildman–Crippen MR) is 106 cm³/mol. The number of aromatic amines is 1. The number of anilines is 2. The lowest BCUT2D eigenvalue weighted by Gasteiger charge is -2.11. The van der Waals surface area contributed by atoms with Crippen molar-refractivity contribution < 1.29 is 22.0 Å². The molecule has 0 saturated heterocycles. The molecule has 3 N–H and O–H groups in total. The Labute approximate surface area is 165 Å². The molecule has 4 rings (SSSR count). The SMILES string of the molecule is O=C(Nc1cc(-c2ccc(NS(=O)(=O)CC(F)F)cc2)c2cc[nH]c2n1)C1CC1. The third kappa shape index (κ3) is 4.53. The summed E-state index contributed by atoms with van der Waals surface area (Å²) in [5.41, 5.74) is 2.35. The van der Waals surface area contributed by atoms with Crippen LogP contribution in [0.2, 0.25) is 0 Å². The number of rotatable bonds is 7. The average molecular weight is 420 g/mol. The highest BCUT2D eigenvalue weighted by atomic mass is 32.2. The molecule has 1 aliphatic carbocycles. The van der Waals surface area contributed by atoms with Gasteiger partial charge in [-0.15, -0.1) is 0 Å². The van der Waals surface area contributed by atoms with E-state index in [-0.39, 0.29) is 17.5 Å². The van der Waals surface area contributed by atoms with Crippen molar-refractivity contribution in [3.63, 3.8) is 0 Å². The van der Waals surface area contributed by atoms with Gasteiger partial charge in [-0.05, 0) is 48.2 Å². The first-order valence-electron chi connectivity index (χ1n) is 8.99. The van der Waals surface area contributed by atoms with E-state index in [1.165, 1.54) is 12.1 Å². The van der Waals surface area contributed by atoms with E-state index in [9.17, 15) is 22.0 Å². The number of hydrogen-bond acceptors (Lipinski definition) is 4. The molecule has 1 amide bonds. The van der Waals surface area contributed by atoms with Gasteiger partial charge in [0, 0.05) is 23.2 Å². The van der Waals surface area contributed by atoms with Gasteiger partial charge in [0.1, 0.15) is 17.2 Å². The topological polar surface area (TPSA) is 104 Å². The van der Waals surface area contributed by atoms with Crippen LogP contribution in [0.25, 0.3) is 22.2 Å². The molecule has 7 nitrogen and oxygen atoms in total. The molecular formula is C19H18F2N4O3S. The Kier molecular flexibility index (Phi) is 4.95. The van der Waals surface area contributed by atoms with Crippen LogP contribution >= 0.6 is 0 Å². The highest BCUT2D eigenvalue weighted by Gasteiger charge is 2.30. The van der Waals surface area contributed by atoms with Crippen molar-refractivity contribution in [2.75, 3.05) is 15.8 Å². The predicted octanol–water partition coefficient (Wildman–Crippen LogP) is 3.59. The highest BCUT2D eigenvalue weighted by molar-refractivity contribution is 7.92. The average Bonchev–Trinajstić information content (AvgIpc) is 3.39. The van der Waals surface area contributed by atoms with Gasteiger partial charge in [0.15, 0.2) is 0 Å². The Bertz CT molecular complexity index is 1160. The maximum atomic E-state index is 12.4. The lowest BCUT2D eigenvalue weighted by Crippen LogP contribution is -2.21. The van der Waals surface area contributed by atoms with Gasteiger partial charge in [0.2, 0.25) is 15.9 Å². The molecule has 0 radical (unpaired) electrons. The summed E-state index contributed by atoms with van der Waals surface area (Å²) in [5.74, 6) is -0.848. The molecule has 2 aromatic heterocycles. The van der Waals surface area contributed by atoms with E-state index in [4.69, 9.17) is 0 Å². The number of pyridine rings is 1. The van der Waals surface area contributed by atoms with E-state index in [1.54, 1.807) is 24.4 Å². The van der Waals surface area contributed by atoms with Crippen molar-refractivity contribution >= 4 is 38.5 Å². The van der Waals surface area contributed by atoms with Gasteiger partial charge >= 0.3 is 0 Å². The molecule has 1 saturated carbocycles. The van der Waals surface area contributed by atoms with Crippen molar-refractivity contribution in [1.29, 1.82) is 0 Å². The molecule has 29 heavy (non-hydrogen) atoms. The number of benzene rings is 1. The van der Waals surface area contributed by atoms with Crippen LogP contribution in [0.3, 0.4) is 0 Å². The summed E-state index contributed by atoms with van der Waals surface area (Å²) in [6.45, 7) is 0. The van der Waals surface area contributed by atoms with E-state index in [1.807, 2.05) is 6.07 Å². The summed E-state index contributed by atoms with van der Waals surface area (Å²) >= 11 is 0. The molecule has 1 aromatic carbocycles. The van der Waals surface area contributed by atoms with Crippen LogP contribution in [0.1, 0.15) is 12.8 Å². The van der Waals surface area contributed by atoms with E-state index >= 15 is 0 Å². The Morgan fingerprint density at radius 2 is 1.93 bits per heavy atom. The first-order valence-corrected chi connectivity index (χ1v) is 10.6. The highest BCUT2D eigenvalue weighted by Crippen LogP contribution is 2.33. The lowest BCUT2D eigenvalue weighted by molar-refractivity contribution is -0.117. The van der Waals surface area contributed by atoms with Crippen LogP contribution in [-0.2, 0) is 14.8 Å². The van der Waals surface area contributed by atoms with E-state index in [0.29, 0.717) is 11.5 Å². The van der Waals surface area contributed by atoms with Crippen molar-refractivity contribution in [3.05, 3.63) is 42.6 Å². The molecule has 1 aliphatic rings. The van der Waals surface area contributed by atoms with Gasteiger partial charge < -0.3 is 10.3 Å². The first-order chi connectivity index (χ1) is 13.8. The molecule has 0 aliphatic heterocycles. The molecule has 3 aromatic rings. The third-order valence-electron chi connectivity index (χ3n) is 4.54. The fourth-order valence-corrected chi connectivity index (χ4v) is 3.93. The summed E-state index contributed by atoms with van der Waals surface area (Å²) in [5, 5.41) is 3.66. The van der Waals surface area contributed by atoms with Crippen molar-refractivity contribution in [2.45, 2.75) is 19.3 Å². The fraction of sp³-hybridized carbons (Fsp3) is 0.263. The van der Waals surface area contributed by atoms with E-state index < -0.39 is 22.2 Å². The summed E-state index contributed by atoms with van der Waals surface area (Å²) in [6.07, 6.45) is 0.550. The van der Waals surface area contributed by atoms with Crippen molar-refractivity contribution in [3.8, 4) is 11.1 Å². The summed E-state index contributed by atoms with van der Waals surface area (Å²) in [4.78, 5) is 19.5. The number of sulfonamides is 1. The minimum absolute atomic E-state index is 0.0418. The smallest absolute Gasteiger partial charge is 0.254 e. The largest absolute Gasteiger partial charge is 0.346 e. The van der Waals surface area contributed by atoms with E-state index in [0.717, 1.165) is 29.4 Å². The molecule has 1 fully saturated rings. The molecular weight excluding hydrogens is 402 g/mol. The number of halogens is 2. The molecule has 2 heterocycles. The number of nitrogens with zero attached hydrogens (tertiary/aromatic N) is 1. The first kappa shape index (κ1) is 19.3. The number of nitrogens with one attached hydrogen (secondary N) is 3. The normalized spacial score (nSPS) is 14.3. The van der Waals surface area contributed by atoms with Crippen LogP contribution in [0.5, 0.6) is 0 Å². The van der Waals surface area contributed by atoms with E-state index in [2.05, 4.69) is 20.0 Å². The second-order valence-corrected chi connectivity index (χ2v) is 8.68. The summed E-state index contributed by atoms with van der Waals surface area (Å²) < 4.78 is 50.2. The maximum absolute atomic E-state index is 12.4. The lowest BCUT2D eigenvalue weighted by atomic mass is 10.0. The minimum atomic E-state index is -4.12. The second kappa shape index (κ2) is 7.43. The number of fused-ring (bicyclic) bond motifs is 1. The number of hydrogen-bond donors (Lipinski definition) is 3. The summed E-state index contributed by atoms with van der Waals surface area (Å²) in [6, 6.07) is 9.96. The fourth-order valence-electron chi connectivity index (χ4n) is 3.02. The standard InChI is InChI=1S/C19H18F2N4O3S/c20-16(21)10-29(27,28)25-13-5-3-11(4-6-13)15-9-17(24-19(26)12-1-2-12)23-18-14(15)7-8-22-18/h3-9,12,16,25H,1-2,10H2,(H2,22,23,24,26). The quantitative estimate of drug-likeness (QED) is 0.543. The Balaban J connectivity index is 1.62. The van der Waals surface area contributed by atoms with Gasteiger partial charge in [-0.3, -0.25) is 9.52 Å². The minimum Gasteiger partial charge on any atom is -0.346 e. The number of carbonyl (C=O) groups excluding carboxylic acids is 1. The maximum Gasteiger partial charge on any atom is 0.254 e. The second-order valence-electron chi connectivity index (χ2n) is 6.91. The van der Waals surface area contributed by atoms with Gasteiger partial charge in [0.25, 0.3) is 6.43 Å². The monoisotopic (exact) mass is 420 g/mol. The van der Waals surface area contributed by atoms with Gasteiger partial charge in [-0.2, -0.15) is 0 Å². The number of alkyl halides is 2. The van der Waals surface area contributed by atoms with Gasteiger partial charge in [0.05, 0.1) is 0 Å². The number of H-pyrrole nitrogens is 1. The Morgan fingerprint density at radius 3 is 2.59 bits per heavy atom. The zero-order valence-corrected chi connectivity index (χ0v) is 16.0. The van der Waals surface area contributed by atoms with Gasteiger partial charge in [-0.1, -0.05) is 12.1 Å². The Hall–Kier alpha value is -3.01. The number of carbonyl (C=O) groups is 1. The van der Waals surface area contributed by atoms with Crippen molar-refractivity contribution in [1.82, 2.24) is 9.97 Å². The third-order valence-corrected chi connectivity index (χ3v) is 5.78. The molecule has 0 atom stereocenters. The zero-order chi connectivity index (χ0) is 20.6. The summed E-state index contributed by atoms with van der Waals surface area (Å²) in [7, 11) is -4.12. The van der Waals surface area contributed by atoms with Crippen LogP contribution in [0.4, 0.5) is 20.3 Å². The van der Waals surface area contributed by atoms with Gasteiger partial charge in [-0.25, -0.2) is 22.2 Å². The molecule has 10 heteroatoms. The van der Waals surface area contributed by atoms with Crippen LogP contribution < -0.4 is 10.0 Å².